The highest BCUT2D eigenvalue weighted by molar-refractivity contribution is 5.74. The molecule has 2 rings (SSSR count). The van der Waals surface area contributed by atoms with Crippen LogP contribution >= 0.6 is 0 Å². The third kappa shape index (κ3) is 4.71. The van der Waals surface area contributed by atoms with E-state index in [2.05, 4.69) is 28.7 Å². The molecule has 0 radical (unpaired) electrons. The Hall–Kier alpha value is -1.07. The van der Waals surface area contributed by atoms with Gasteiger partial charge >= 0.3 is 6.03 Å². The molecule has 2 amide bonds. The molecule has 5 nitrogen and oxygen atoms in total. The summed E-state index contributed by atoms with van der Waals surface area (Å²) in [6, 6.07) is 0.500. The minimum atomic E-state index is 0.0770. The van der Waals surface area contributed by atoms with E-state index in [1.165, 1.54) is 6.42 Å². The maximum absolute atomic E-state index is 12.4. The molecule has 1 N–H and O–H groups in total. The lowest BCUT2D eigenvalue weighted by Gasteiger charge is -2.46. The number of nitrogens with zero attached hydrogens (tertiary/aromatic N) is 2. The Morgan fingerprint density at radius 2 is 2.19 bits per heavy atom. The largest absolute Gasteiger partial charge is 0.375 e. The zero-order valence-electron chi connectivity index (χ0n) is 13.4. The fraction of sp³-hybridized carbons (Fsp3) is 0.812. The van der Waals surface area contributed by atoms with E-state index in [-0.39, 0.29) is 6.03 Å². The van der Waals surface area contributed by atoms with Crippen LogP contribution in [-0.2, 0) is 4.74 Å². The van der Waals surface area contributed by atoms with Gasteiger partial charge in [0.1, 0.15) is 0 Å². The van der Waals surface area contributed by atoms with Crippen LogP contribution in [0.3, 0.4) is 0 Å². The van der Waals surface area contributed by atoms with Crippen LogP contribution in [0.15, 0.2) is 12.2 Å². The third-order valence-corrected chi connectivity index (χ3v) is 4.40. The quantitative estimate of drug-likeness (QED) is 0.620. The standard InChI is InChI=1S/C16H29N3O2/c1-13(2)12-21-10-7-17-16(20)19-8-4-5-14-11-18(3)9-6-15(14)19/h14-15H,1,4-12H2,2-3H3,(H,17,20)/t14-,15+/m0/s1. The Bertz CT molecular complexity index is 373. The van der Waals surface area contributed by atoms with Crippen molar-refractivity contribution in [1.29, 1.82) is 0 Å². The van der Waals surface area contributed by atoms with E-state index < -0.39 is 0 Å². The average Bonchev–Trinajstić information content (AvgIpc) is 2.45. The molecule has 0 aromatic rings. The highest BCUT2D eigenvalue weighted by atomic mass is 16.5. The van der Waals surface area contributed by atoms with E-state index in [1.807, 2.05) is 6.92 Å². The highest BCUT2D eigenvalue weighted by Gasteiger charge is 2.37. The maximum Gasteiger partial charge on any atom is 0.317 e. The van der Waals surface area contributed by atoms with Gasteiger partial charge in [-0.3, -0.25) is 0 Å². The lowest BCUT2D eigenvalue weighted by Crippen LogP contribution is -2.57. The van der Waals surface area contributed by atoms with Crippen molar-refractivity contribution in [1.82, 2.24) is 15.1 Å². The normalized spacial score (nSPS) is 26.3. The van der Waals surface area contributed by atoms with Gasteiger partial charge in [0.2, 0.25) is 0 Å². The molecule has 21 heavy (non-hydrogen) atoms. The molecule has 2 saturated heterocycles. The molecule has 0 unspecified atom stereocenters. The van der Waals surface area contributed by atoms with Crippen LogP contribution in [0.25, 0.3) is 0 Å². The molecule has 120 valence electrons. The summed E-state index contributed by atoms with van der Waals surface area (Å²) >= 11 is 0. The van der Waals surface area contributed by atoms with Crippen LogP contribution in [0.1, 0.15) is 26.2 Å². The molecule has 2 atom stereocenters. The van der Waals surface area contributed by atoms with Crippen molar-refractivity contribution in [3.8, 4) is 0 Å². The molecular weight excluding hydrogens is 266 g/mol. The predicted octanol–water partition coefficient (Wildman–Crippen LogP) is 1.70. The first kappa shape index (κ1) is 16.3. The van der Waals surface area contributed by atoms with Crippen molar-refractivity contribution < 1.29 is 9.53 Å². The maximum atomic E-state index is 12.4. The topological polar surface area (TPSA) is 44.8 Å². The van der Waals surface area contributed by atoms with Gasteiger partial charge in [0.25, 0.3) is 0 Å². The minimum Gasteiger partial charge on any atom is -0.375 e. The molecule has 2 aliphatic heterocycles. The molecule has 0 bridgehead atoms. The van der Waals surface area contributed by atoms with Gasteiger partial charge in [0.05, 0.1) is 13.2 Å². The highest BCUT2D eigenvalue weighted by Crippen LogP contribution is 2.29. The molecule has 0 spiro atoms. The van der Waals surface area contributed by atoms with Crippen LogP contribution in [0.5, 0.6) is 0 Å². The smallest absolute Gasteiger partial charge is 0.317 e. The summed E-state index contributed by atoms with van der Waals surface area (Å²) in [4.78, 5) is 16.8. The SMILES string of the molecule is C=C(C)COCCNC(=O)N1CCC[C@H]2CN(C)CC[C@H]21. The van der Waals surface area contributed by atoms with Crippen molar-refractivity contribution in [3.63, 3.8) is 0 Å². The molecule has 5 heteroatoms. The molecular formula is C16H29N3O2. The Balaban J connectivity index is 1.74. The minimum absolute atomic E-state index is 0.0770. The summed E-state index contributed by atoms with van der Waals surface area (Å²) in [5, 5.41) is 2.99. The number of nitrogens with one attached hydrogen (secondary N) is 1. The van der Waals surface area contributed by atoms with Gasteiger partial charge in [-0.15, -0.1) is 0 Å². The van der Waals surface area contributed by atoms with Crippen LogP contribution in [0, 0.1) is 5.92 Å². The number of likely N-dealkylation sites (tertiary alicyclic amines) is 2. The van der Waals surface area contributed by atoms with Crippen molar-refractivity contribution >= 4 is 6.03 Å². The second kappa shape index (κ2) is 7.80. The molecule has 2 heterocycles. The summed E-state index contributed by atoms with van der Waals surface area (Å²) in [6.07, 6.45) is 3.47. The van der Waals surface area contributed by atoms with Crippen LogP contribution in [0.4, 0.5) is 4.79 Å². The average molecular weight is 295 g/mol. The van der Waals surface area contributed by atoms with Crippen LogP contribution < -0.4 is 5.32 Å². The van der Waals surface area contributed by atoms with E-state index in [9.17, 15) is 4.79 Å². The number of rotatable bonds is 5. The zero-order valence-corrected chi connectivity index (χ0v) is 13.4. The van der Waals surface area contributed by atoms with Gasteiger partial charge in [-0.05, 0) is 45.7 Å². The number of fused-ring (bicyclic) bond motifs is 1. The Morgan fingerprint density at radius 3 is 2.95 bits per heavy atom. The first-order valence-corrected chi connectivity index (χ1v) is 8.03. The monoisotopic (exact) mass is 295 g/mol. The second-order valence-electron chi connectivity index (χ2n) is 6.46. The Labute approximate surface area is 128 Å². The summed E-state index contributed by atoms with van der Waals surface area (Å²) < 4.78 is 5.41. The first-order chi connectivity index (χ1) is 10.1. The molecule has 0 aromatic heterocycles. The molecule has 0 aliphatic carbocycles. The fourth-order valence-electron chi connectivity index (χ4n) is 3.42. The molecule has 0 aromatic carbocycles. The number of hydrogen-bond donors (Lipinski definition) is 1. The fourth-order valence-corrected chi connectivity index (χ4v) is 3.42. The van der Waals surface area contributed by atoms with Gasteiger partial charge in [-0.1, -0.05) is 12.2 Å². The number of carbonyl (C=O) groups is 1. The summed E-state index contributed by atoms with van der Waals surface area (Å²) in [5.74, 6) is 0.642. The van der Waals surface area contributed by atoms with Gasteiger partial charge in [-0.2, -0.15) is 0 Å². The number of ether oxygens (including phenoxy) is 1. The Kier molecular flexibility index (Phi) is 6.06. The molecule has 0 saturated carbocycles. The lowest BCUT2D eigenvalue weighted by atomic mass is 9.84. The number of urea groups is 1. The predicted molar refractivity (Wildman–Crippen MR) is 84.4 cm³/mol. The van der Waals surface area contributed by atoms with Gasteiger partial charge in [0, 0.05) is 25.7 Å². The zero-order chi connectivity index (χ0) is 15.2. The number of piperidine rings is 2. The van der Waals surface area contributed by atoms with E-state index in [0.717, 1.165) is 38.0 Å². The van der Waals surface area contributed by atoms with Crippen molar-refractivity contribution in [3.05, 3.63) is 12.2 Å². The summed E-state index contributed by atoms with van der Waals surface area (Å²) in [6.45, 7) is 10.5. The summed E-state index contributed by atoms with van der Waals surface area (Å²) in [7, 11) is 2.17. The van der Waals surface area contributed by atoms with E-state index >= 15 is 0 Å². The van der Waals surface area contributed by atoms with Crippen molar-refractivity contribution in [2.45, 2.75) is 32.2 Å². The first-order valence-electron chi connectivity index (χ1n) is 8.03. The van der Waals surface area contributed by atoms with Crippen molar-refractivity contribution in [2.75, 3.05) is 46.4 Å². The molecule has 2 fully saturated rings. The number of carbonyl (C=O) groups excluding carboxylic acids is 1. The van der Waals surface area contributed by atoms with E-state index in [1.54, 1.807) is 0 Å². The number of amides is 2. The van der Waals surface area contributed by atoms with E-state index in [0.29, 0.717) is 31.7 Å². The van der Waals surface area contributed by atoms with Gasteiger partial charge in [0.15, 0.2) is 0 Å². The van der Waals surface area contributed by atoms with Crippen LogP contribution in [0.2, 0.25) is 0 Å². The van der Waals surface area contributed by atoms with Crippen molar-refractivity contribution in [2.24, 2.45) is 5.92 Å². The summed E-state index contributed by atoms with van der Waals surface area (Å²) in [5.41, 5.74) is 1.01. The van der Waals surface area contributed by atoms with Gasteiger partial charge < -0.3 is 19.9 Å². The van der Waals surface area contributed by atoms with E-state index in [4.69, 9.17) is 4.74 Å². The molecule has 2 aliphatic rings. The Morgan fingerprint density at radius 1 is 1.38 bits per heavy atom. The second-order valence-corrected chi connectivity index (χ2v) is 6.46. The van der Waals surface area contributed by atoms with Gasteiger partial charge in [-0.25, -0.2) is 4.79 Å². The third-order valence-electron chi connectivity index (χ3n) is 4.40. The lowest BCUT2D eigenvalue weighted by molar-refractivity contribution is 0.0524. The van der Waals surface area contributed by atoms with Crippen LogP contribution in [-0.4, -0.2) is 68.3 Å². The number of hydrogen-bond acceptors (Lipinski definition) is 3.